The molecule has 0 bridgehead atoms. The Morgan fingerprint density at radius 3 is 2.94 bits per heavy atom. The molecule has 0 aliphatic carbocycles. The smallest absolute Gasteiger partial charge is 0.113 e. The summed E-state index contributed by atoms with van der Waals surface area (Å²) in [4.78, 5) is 4.39. The fourth-order valence-electron chi connectivity index (χ4n) is 1.94. The van der Waals surface area contributed by atoms with Gasteiger partial charge in [-0.05, 0) is 18.6 Å². The number of benzene rings is 1. The van der Waals surface area contributed by atoms with E-state index in [2.05, 4.69) is 38.5 Å². The van der Waals surface area contributed by atoms with E-state index in [-0.39, 0.29) is 0 Å². The number of halogens is 1. The van der Waals surface area contributed by atoms with E-state index in [0.29, 0.717) is 6.54 Å². The lowest BCUT2D eigenvalue weighted by molar-refractivity contribution is 0.803. The van der Waals surface area contributed by atoms with Crippen molar-refractivity contribution in [2.45, 2.75) is 26.3 Å². The molecule has 0 saturated heterocycles. The van der Waals surface area contributed by atoms with Crippen LogP contribution in [0.15, 0.2) is 35.1 Å². The summed E-state index contributed by atoms with van der Waals surface area (Å²) in [5.74, 6) is 1.08. The second kappa shape index (κ2) is 5.47. The molecule has 1 heterocycles. The van der Waals surface area contributed by atoms with Crippen molar-refractivity contribution in [3.63, 3.8) is 0 Å². The van der Waals surface area contributed by atoms with Gasteiger partial charge in [0, 0.05) is 35.4 Å². The lowest BCUT2D eigenvalue weighted by Gasteiger charge is -2.13. The summed E-state index contributed by atoms with van der Waals surface area (Å²) >= 11 is 3.54. The Morgan fingerprint density at radius 2 is 2.24 bits per heavy atom. The zero-order chi connectivity index (χ0) is 12.3. The largest absolute Gasteiger partial charge is 0.326 e. The Labute approximate surface area is 110 Å². The van der Waals surface area contributed by atoms with Crippen molar-refractivity contribution in [3.8, 4) is 5.69 Å². The third-order valence-corrected chi connectivity index (χ3v) is 3.49. The molecule has 4 heteroatoms. The number of hydrogen-bond acceptors (Lipinski definition) is 2. The van der Waals surface area contributed by atoms with Gasteiger partial charge < -0.3 is 10.3 Å². The molecule has 2 aromatic rings. The first-order valence-corrected chi connectivity index (χ1v) is 6.57. The van der Waals surface area contributed by atoms with Gasteiger partial charge in [-0.2, -0.15) is 0 Å². The van der Waals surface area contributed by atoms with Gasteiger partial charge in [-0.1, -0.05) is 28.9 Å². The molecule has 17 heavy (non-hydrogen) atoms. The van der Waals surface area contributed by atoms with E-state index in [4.69, 9.17) is 5.73 Å². The molecule has 0 radical (unpaired) electrons. The number of nitrogens with two attached hydrogens (primary N) is 1. The topological polar surface area (TPSA) is 43.8 Å². The van der Waals surface area contributed by atoms with Crippen LogP contribution in [-0.4, -0.2) is 9.55 Å². The molecule has 1 aromatic carbocycles. The first kappa shape index (κ1) is 12.3. The number of aromatic nitrogens is 2. The van der Waals surface area contributed by atoms with Crippen LogP contribution >= 0.6 is 15.9 Å². The van der Waals surface area contributed by atoms with Crippen LogP contribution < -0.4 is 5.73 Å². The third-order valence-electron chi connectivity index (χ3n) is 2.75. The molecular formula is C13H16BrN3. The zero-order valence-electron chi connectivity index (χ0n) is 9.86. The van der Waals surface area contributed by atoms with E-state index in [9.17, 15) is 0 Å². The van der Waals surface area contributed by atoms with Crippen LogP contribution in [-0.2, 0) is 13.0 Å². The standard InChI is InChI=1S/C13H16BrN3/c1-2-4-13-16-7-8-17(13)12-6-3-5-11(14)10(12)9-15/h3,5-8H,2,4,9,15H2,1H3. The molecule has 1 aromatic heterocycles. The van der Waals surface area contributed by atoms with Crippen LogP contribution in [0.25, 0.3) is 5.69 Å². The van der Waals surface area contributed by atoms with E-state index in [1.807, 2.05) is 24.5 Å². The van der Waals surface area contributed by atoms with Crippen molar-refractivity contribution in [1.82, 2.24) is 9.55 Å². The summed E-state index contributed by atoms with van der Waals surface area (Å²) < 4.78 is 3.17. The highest BCUT2D eigenvalue weighted by molar-refractivity contribution is 9.10. The highest BCUT2D eigenvalue weighted by Crippen LogP contribution is 2.24. The van der Waals surface area contributed by atoms with Gasteiger partial charge in [-0.15, -0.1) is 0 Å². The third kappa shape index (κ3) is 2.42. The molecule has 0 spiro atoms. The maximum absolute atomic E-state index is 5.82. The molecule has 0 saturated carbocycles. The Morgan fingerprint density at radius 1 is 1.41 bits per heavy atom. The second-order valence-corrected chi connectivity index (χ2v) is 4.76. The molecule has 0 atom stereocenters. The predicted octanol–water partition coefficient (Wildman–Crippen LogP) is 3.05. The van der Waals surface area contributed by atoms with Crippen LogP contribution in [0.5, 0.6) is 0 Å². The van der Waals surface area contributed by atoms with Crippen molar-refractivity contribution in [3.05, 3.63) is 46.5 Å². The summed E-state index contributed by atoms with van der Waals surface area (Å²) in [5, 5.41) is 0. The van der Waals surface area contributed by atoms with Gasteiger partial charge in [0.05, 0.1) is 5.69 Å². The molecule has 2 N–H and O–H groups in total. The molecule has 90 valence electrons. The van der Waals surface area contributed by atoms with Crippen LogP contribution in [0.1, 0.15) is 24.7 Å². The van der Waals surface area contributed by atoms with E-state index < -0.39 is 0 Å². The van der Waals surface area contributed by atoms with Crippen LogP contribution in [0.4, 0.5) is 0 Å². The minimum absolute atomic E-state index is 0.514. The van der Waals surface area contributed by atoms with E-state index >= 15 is 0 Å². The minimum atomic E-state index is 0.514. The fraction of sp³-hybridized carbons (Fsp3) is 0.308. The molecule has 0 aliphatic heterocycles. The second-order valence-electron chi connectivity index (χ2n) is 3.91. The van der Waals surface area contributed by atoms with Gasteiger partial charge in [-0.3, -0.25) is 0 Å². The molecular weight excluding hydrogens is 278 g/mol. The fourth-order valence-corrected chi connectivity index (χ4v) is 2.45. The number of hydrogen-bond donors (Lipinski definition) is 1. The van der Waals surface area contributed by atoms with E-state index in [1.165, 1.54) is 0 Å². The molecule has 3 nitrogen and oxygen atoms in total. The van der Waals surface area contributed by atoms with E-state index in [0.717, 1.165) is 34.4 Å². The van der Waals surface area contributed by atoms with Gasteiger partial charge in [0.2, 0.25) is 0 Å². The molecule has 2 rings (SSSR count). The summed E-state index contributed by atoms with van der Waals surface area (Å²) in [5.41, 5.74) is 8.05. The average molecular weight is 294 g/mol. The number of aryl methyl sites for hydroxylation is 1. The molecule has 0 fully saturated rings. The lowest BCUT2D eigenvalue weighted by atomic mass is 10.1. The summed E-state index contributed by atoms with van der Waals surface area (Å²) in [6.07, 6.45) is 5.89. The Hall–Kier alpha value is -1.13. The normalized spacial score (nSPS) is 10.8. The Bertz CT molecular complexity index is 505. The van der Waals surface area contributed by atoms with Gasteiger partial charge in [0.1, 0.15) is 5.82 Å². The van der Waals surface area contributed by atoms with Crippen molar-refractivity contribution < 1.29 is 0 Å². The van der Waals surface area contributed by atoms with Crippen molar-refractivity contribution in [2.24, 2.45) is 5.73 Å². The summed E-state index contributed by atoms with van der Waals surface area (Å²) in [6.45, 7) is 2.67. The van der Waals surface area contributed by atoms with Crippen LogP contribution in [0, 0.1) is 0 Å². The monoisotopic (exact) mass is 293 g/mol. The first-order valence-electron chi connectivity index (χ1n) is 5.78. The van der Waals surface area contributed by atoms with Crippen molar-refractivity contribution in [1.29, 1.82) is 0 Å². The van der Waals surface area contributed by atoms with Crippen molar-refractivity contribution >= 4 is 15.9 Å². The molecule has 0 aliphatic rings. The number of imidazole rings is 1. The highest BCUT2D eigenvalue weighted by Gasteiger charge is 2.10. The minimum Gasteiger partial charge on any atom is -0.326 e. The van der Waals surface area contributed by atoms with Crippen molar-refractivity contribution in [2.75, 3.05) is 0 Å². The lowest BCUT2D eigenvalue weighted by Crippen LogP contribution is -2.07. The molecule has 0 unspecified atom stereocenters. The quantitative estimate of drug-likeness (QED) is 0.942. The first-order chi connectivity index (χ1) is 8.27. The summed E-state index contributed by atoms with van der Waals surface area (Å²) in [6, 6.07) is 6.12. The summed E-state index contributed by atoms with van der Waals surface area (Å²) in [7, 11) is 0. The van der Waals surface area contributed by atoms with Crippen LogP contribution in [0.3, 0.4) is 0 Å². The number of nitrogens with zero attached hydrogens (tertiary/aromatic N) is 2. The van der Waals surface area contributed by atoms with E-state index in [1.54, 1.807) is 0 Å². The van der Waals surface area contributed by atoms with Gasteiger partial charge >= 0.3 is 0 Å². The Balaban J connectivity index is 2.52. The Kier molecular flexibility index (Phi) is 3.97. The predicted molar refractivity (Wildman–Crippen MR) is 73.2 cm³/mol. The maximum atomic E-state index is 5.82. The van der Waals surface area contributed by atoms with Crippen LogP contribution in [0.2, 0.25) is 0 Å². The SMILES string of the molecule is CCCc1nccn1-c1cccc(Br)c1CN. The average Bonchev–Trinajstić information content (AvgIpc) is 2.77. The molecule has 0 amide bonds. The highest BCUT2D eigenvalue weighted by atomic mass is 79.9. The van der Waals surface area contributed by atoms with Gasteiger partial charge in [0.25, 0.3) is 0 Å². The zero-order valence-corrected chi connectivity index (χ0v) is 11.4. The van der Waals surface area contributed by atoms with Gasteiger partial charge in [-0.25, -0.2) is 4.98 Å². The maximum Gasteiger partial charge on any atom is 0.113 e. The van der Waals surface area contributed by atoms with Gasteiger partial charge in [0.15, 0.2) is 0 Å². The number of rotatable bonds is 4.